The molecule has 6 heteroatoms. The van der Waals surface area contributed by atoms with E-state index in [4.69, 9.17) is 4.42 Å². The second-order valence-electron chi connectivity index (χ2n) is 5.63. The number of sulfone groups is 1. The van der Waals surface area contributed by atoms with Gasteiger partial charge in [0.05, 0.1) is 6.04 Å². The van der Waals surface area contributed by atoms with Gasteiger partial charge in [-0.2, -0.15) is 0 Å². The molecule has 0 saturated heterocycles. The fourth-order valence-electron chi connectivity index (χ4n) is 2.23. The Balaban J connectivity index is 2.03. The smallest absolute Gasteiger partial charge is 0.287 e. The van der Waals surface area contributed by atoms with Gasteiger partial charge in [0.2, 0.25) is 0 Å². The number of carbonyl (C=O) groups excluding carboxylic acids is 1. The summed E-state index contributed by atoms with van der Waals surface area (Å²) in [7, 11) is -3.19. The van der Waals surface area contributed by atoms with Crippen LogP contribution in [-0.4, -0.2) is 20.6 Å². The van der Waals surface area contributed by atoms with Crippen LogP contribution in [0.3, 0.4) is 0 Å². The van der Waals surface area contributed by atoms with Crippen molar-refractivity contribution in [3.8, 4) is 0 Å². The predicted octanol–water partition coefficient (Wildman–Crippen LogP) is 2.88. The van der Waals surface area contributed by atoms with Crippen molar-refractivity contribution in [2.75, 3.05) is 6.26 Å². The van der Waals surface area contributed by atoms with Crippen molar-refractivity contribution in [3.05, 3.63) is 59.0 Å². The molecule has 2 aromatic rings. The Hall–Kier alpha value is -2.08. The Labute approximate surface area is 136 Å². The molecule has 1 N–H and O–H groups in total. The Morgan fingerprint density at radius 1 is 1.17 bits per heavy atom. The number of carbonyl (C=O) groups is 1. The van der Waals surface area contributed by atoms with Crippen LogP contribution in [0.2, 0.25) is 0 Å². The van der Waals surface area contributed by atoms with Crippen molar-refractivity contribution in [3.63, 3.8) is 0 Å². The van der Waals surface area contributed by atoms with Crippen LogP contribution in [0.25, 0.3) is 0 Å². The maximum atomic E-state index is 12.2. The zero-order chi connectivity index (χ0) is 17.0. The van der Waals surface area contributed by atoms with Gasteiger partial charge in [0.25, 0.3) is 5.91 Å². The molecule has 124 valence electrons. The molecule has 1 aromatic heterocycles. The first-order chi connectivity index (χ1) is 10.8. The zero-order valence-corrected chi connectivity index (χ0v) is 14.3. The van der Waals surface area contributed by atoms with Gasteiger partial charge in [-0.25, -0.2) is 8.42 Å². The minimum Gasteiger partial charge on any atom is -0.455 e. The van der Waals surface area contributed by atoms with E-state index in [0.29, 0.717) is 0 Å². The summed E-state index contributed by atoms with van der Waals surface area (Å²) in [6.07, 6.45) is 2.09. The van der Waals surface area contributed by atoms with E-state index in [1.165, 1.54) is 17.7 Å². The Morgan fingerprint density at radius 3 is 2.39 bits per heavy atom. The van der Waals surface area contributed by atoms with Gasteiger partial charge in [-0.3, -0.25) is 4.79 Å². The zero-order valence-electron chi connectivity index (χ0n) is 13.5. The van der Waals surface area contributed by atoms with Crippen LogP contribution < -0.4 is 5.32 Å². The first-order valence-electron chi connectivity index (χ1n) is 7.44. The maximum Gasteiger partial charge on any atom is 0.287 e. The molecule has 0 bridgehead atoms. The van der Waals surface area contributed by atoms with E-state index >= 15 is 0 Å². The summed E-state index contributed by atoms with van der Waals surface area (Å²) >= 11 is 0. The molecule has 1 amide bonds. The quantitative estimate of drug-likeness (QED) is 0.880. The second kappa shape index (κ2) is 7.00. The molecule has 1 heterocycles. The van der Waals surface area contributed by atoms with Crippen molar-refractivity contribution in [2.45, 2.75) is 32.1 Å². The van der Waals surface area contributed by atoms with Crippen LogP contribution in [0.1, 0.15) is 47.3 Å². The van der Waals surface area contributed by atoms with E-state index in [-0.39, 0.29) is 29.2 Å². The first kappa shape index (κ1) is 17.3. The number of hydrogen-bond donors (Lipinski definition) is 1. The third-order valence-corrected chi connectivity index (χ3v) is 4.33. The minimum absolute atomic E-state index is 0.112. The number of benzene rings is 1. The van der Waals surface area contributed by atoms with Crippen molar-refractivity contribution in [1.29, 1.82) is 0 Å². The highest BCUT2D eigenvalue weighted by Gasteiger charge is 2.16. The number of amides is 1. The third-order valence-electron chi connectivity index (χ3n) is 3.53. The fraction of sp³-hybridized carbons (Fsp3) is 0.353. The summed E-state index contributed by atoms with van der Waals surface area (Å²) in [5.41, 5.74) is 2.24. The van der Waals surface area contributed by atoms with E-state index in [2.05, 4.69) is 12.2 Å². The number of aryl methyl sites for hydroxylation is 1. The summed E-state index contributed by atoms with van der Waals surface area (Å²) in [4.78, 5) is 12.2. The molecule has 2 rings (SSSR count). The van der Waals surface area contributed by atoms with Crippen LogP contribution in [-0.2, 0) is 22.0 Å². The average molecular weight is 335 g/mol. The Morgan fingerprint density at radius 2 is 1.83 bits per heavy atom. The van der Waals surface area contributed by atoms with Gasteiger partial charge < -0.3 is 9.73 Å². The molecular weight excluding hydrogens is 314 g/mol. The number of furan rings is 1. The summed E-state index contributed by atoms with van der Waals surface area (Å²) in [6.45, 7) is 3.98. The molecule has 0 radical (unpaired) electrons. The van der Waals surface area contributed by atoms with E-state index in [1.54, 1.807) is 0 Å². The van der Waals surface area contributed by atoms with Crippen LogP contribution in [0.4, 0.5) is 0 Å². The molecule has 1 aromatic carbocycles. The standard InChI is InChI=1S/C17H21NO4S/c1-4-13-5-7-14(8-6-13)12(2)18-17(19)16-10-9-15(22-16)11-23(3,20)21/h5-10,12H,4,11H2,1-3H3,(H,18,19)/t12-/m0/s1. The van der Waals surface area contributed by atoms with Gasteiger partial charge in [-0.1, -0.05) is 31.2 Å². The molecule has 1 atom stereocenters. The van der Waals surface area contributed by atoms with E-state index in [9.17, 15) is 13.2 Å². The first-order valence-corrected chi connectivity index (χ1v) is 9.50. The molecule has 0 saturated carbocycles. The fourth-order valence-corrected chi connectivity index (χ4v) is 2.90. The second-order valence-corrected chi connectivity index (χ2v) is 7.77. The minimum atomic E-state index is -3.19. The lowest BCUT2D eigenvalue weighted by Gasteiger charge is -2.13. The molecule has 0 fully saturated rings. The highest BCUT2D eigenvalue weighted by atomic mass is 32.2. The van der Waals surface area contributed by atoms with Crippen molar-refractivity contribution < 1.29 is 17.6 Å². The third kappa shape index (κ3) is 4.96. The highest BCUT2D eigenvalue weighted by Crippen LogP contribution is 2.16. The molecule has 23 heavy (non-hydrogen) atoms. The van der Waals surface area contributed by atoms with Gasteiger partial charge in [0, 0.05) is 6.26 Å². The van der Waals surface area contributed by atoms with Gasteiger partial charge >= 0.3 is 0 Å². The lowest BCUT2D eigenvalue weighted by molar-refractivity contribution is 0.0910. The monoisotopic (exact) mass is 335 g/mol. The van der Waals surface area contributed by atoms with E-state index in [0.717, 1.165) is 18.2 Å². The van der Waals surface area contributed by atoms with Crippen molar-refractivity contribution in [2.24, 2.45) is 0 Å². The predicted molar refractivity (Wildman–Crippen MR) is 89.0 cm³/mol. The normalized spacial score (nSPS) is 12.8. The van der Waals surface area contributed by atoms with Crippen LogP contribution >= 0.6 is 0 Å². The van der Waals surface area contributed by atoms with E-state index < -0.39 is 9.84 Å². The maximum absolute atomic E-state index is 12.2. The number of hydrogen-bond acceptors (Lipinski definition) is 4. The number of rotatable bonds is 6. The van der Waals surface area contributed by atoms with Crippen molar-refractivity contribution >= 4 is 15.7 Å². The van der Waals surface area contributed by atoms with Gasteiger partial charge in [0.1, 0.15) is 11.5 Å². The highest BCUT2D eigenvalue weighted by molar-refractivity contribution is 7.89. The van der Waals surface area contributed by atoms with Crippen LogP contribution in [0, 0.1) is 0 Å². The summed E-state index contributed by atoms with van der Waals surface area (Å²) < 4.78 is 27.8. The van der Waals surface area contributed by atoms with Gasteiger partial charge in [0.15, 0.2) is 15.6 Å². The van der Waals surface area contributed by atoms with Crippen molar-refractivity contribution in [1.82, 2.24) is 5.32 Å². The molecule has 0 spiro atoms. The molecule has 0 unspecified atom stereocenters. The lowest BCUT2D eigenvalue weighted by atomic mass is 10.0. The molecule has 0 aliphatic carbocycles. The van der Waals surface area contributed by atoms with E-state index in [1.807, 2.05) is 31.2 Å². The van der Waals surface area contributed by atoms with Gasteiger partial charge in [-0.05, 0) is 36.6 Å². The summed E-state index contributed by atoms with van der Waals surface area (Å²) in [5.74, 6) is -0.205. The SMILES string of the molecule is CCc1ccc([C@H](C)NC(=O)c2ccc(CS(C)(=O)=O)o2)cc1. The van der Waals surface area contributed by atoms with Crippen LogP contribution in [0.15, 0.2) is 40.8 Å². The Bertz CT molecular complexity index is 775. The molecular formula is C17H21NO4S. The Kier molecular flexibility index (Phi) is 5.26. The summed E-state index contributed by atoms with van der Waals surface area (Å²) in [5, 5.41) is 2.84. The van der Waals surface area contributed by atoms with Crippen LogP contribution in [0.5, 0.6) is 0 Å². The number of nitrogens with one attached hydrogen (secondary N) is 1. The molecule has 0 aliphatic heterocycles. The average Bonchev–Trinajstić information content (AvgIpc) is 2.93. The molecule has 0 aliphatic rings. The topological polar surface area (TPSA) is 76.4 Å². The molecule has 5 nitrogen and oxygen atoms in total. The largest absolute Gasteiger partial charge is 0.455 e. The summed E-state index contributed by atoms with van der Waals surface area (Å²) in [6, 6.07) is 10.9. The lowest BCUT2D eigenvalue weighted by Crippen LogP contribution is -2.26. The van der Waals surface area contributed by atoms with Gasteiger partial charge in [-0.15, -0.1) is 0 Å².